The Kier molecular flexibility index (Phi) is 4.31. The predicted molar refractivity (Wildman–Crippen MR) is 102 cm³/mol. The molecule has 0 saturated heterocycles. The molecule has 0 spiro atoms. The van der Waals surface area contributed by atoms with Crippen molar-refractivity contribution in [2.75, 3.05) is 5.32 Å². The summed E-state index contributed by atoms with van der Waals surface area (Å²) >= 11 is 1.61. The van der Waals surface area contributed by atoms with Gasteiger partial charge in [0, 0.05) is 35.4 Å². The normalized spacial score (nSPS) is 10.9. The van der Waals surface area contributed by atoms with Crippen LogP contribution in [0.4, 0.5) is 5.69 Å². The number of carbonyl (C=O) groups excluding carboxylic acids is 1. The van der Waals surface area contributed by atoms with Gasteiger partial charge in [-0.15, -0.1) is 11.3 Å². The molecule has 0 unspecified atom stereocenters. The fraction of sp³-hybridized carbons (Fsp3) is 0.100. The van der Waals surface area contributed by atoms with Gasteiger partial charge < -0.3 is 5.32 Å². The van der Waals surface area contributed by atoms with Crippen molar-refractivity contribution in [2.45, 2.75) is 12.8 Å². The standard InChI is InChI=1S/C20H17N3OS/c24-19(11-6-15-4-2-1-3-5-15)21-17-9-7-16(8-10-17)18-14-23-12-13-25-20(23)22-18/h1-5,7-10,12-14H,6,11H2,(H,21,24). The van der Waals surface area contributed by atoms with E-state index in [1.807, 2.05) is 76.8 Å². The zero-order valence-electron chi connectivity index (χ0n) is 13.6. The summed E-state index contributed by atoms with van der Waals surface area (Å²) in [6, 6.07) is 17.9. The van der Waals surface area contributed by atoms with Crippen LogP contribution in [-0.4, -0.2) is 15.3 Å². The third-order valence-corrected chi connectivity index (χ3v) is 4.81. The average molecular weight is 347 g/mol. The van der Waals surface area contributed by atoms with Crippen LogP contribution in [0.25, 0.3) is 16.2 Å². The Morgan fingerprint density at radius 2 is 1.88 bits per heavy atom. The molecular formula is C20H17N3OS. The fourth-order valence-electron chi connectivity index (χ4n) is 2.72. The van der Waals surface area contributed by atoms with E-state index < -0.39 is 0 Å². The molecule has 25 heavy (non-hydrogen) atoms. The third kappa shape index (κ3) is 3.61. The number of aromatic nitrogens is 2. The van der Waals surface area contributed by atoms with Gasteiger partial charge in [0.15, 0.2) is 4.96 Å². The Morgan fingerprint density at radius 1 is 1.08 bits per heavy atom. The molecule has 0 aliphatic heterocycles. The zero-order valence-corrected chi connectivity index (χ0v) is 14.4. The Labute approximate surface area is 149 Å². The van der Waals surface area contributed by atoms with E-state index in [9.17, 15) is 4.79 Å². The number of anilines is 1. The first-order valence-electron chi connectivity index (χ1n) is 8.14. The van der Waals surface area contributed by atoms with Gasteiger partial charge in [0.05, 0.1) is 5.69 Å². The smallest absolute Gasteiger partial charge is 0.224 e. The second kappa shape index (κ2) is 6.91. The molecule has 2 heterocycles. The molecule has 4 rings (SSSR count). The highest BCUT2D eigenvalue weighted by atomic mass is 32.1. The van der Waals surface area contributed by atoms with E-state index in [-0.39, 0.29) is 5.91 Å². The summed E-state index contributed by atoms with van der Waals surface area (Å²) in [7, 11) is 0. The maximum atomic E-state index is 12.1. The lowest BCUT2D eigenvalue weighted by Gasteiger charge is -2.06. The molecule has 2 aromatic carbocycles. The number of nitrogens with zero attached hydrogens (tertiary/aromatic N) is 2. The molecule has 0 fully saturated rings. The topological polar surface area (TPSA) is 46.4 Å². The van der Waals surface area contributed by atoms with Crippen molar-refractivity contribution in [1.29, 1.82) is 0 Å². The second-order valence-corrected chi connectivity index (χ2v) is 6.70. The van der Waals surface area contributed by atoms with Crippen LogP contribution in [0.1, 0.15) is 12.0 Å². The van der Waals surface area contributed by atoms with Crippen molar-refractivity contribution in [3.05, 3.63) is 77.9 Å². The summed E-state index contributed by atoms with van der Waals surface area (Å²) in [6.07, 6.45) is 5.23. The van der Waals surface area contributed by atoms with Crippen molar-refractivity contribution in [1.82, 2.24) is 9.38 Å². The van der Waals surface area contributed by atoms with Crippen molar-refractivity contribution in [3.8, 4) is 11.3 Å². The number of nitrogens with one attached hydrogen (secondary N) is 1. The van der Waals surface area contributed by atoms with Crippen molar-refractivity contribution >= 4 is 27.9 Å². The summed E-state index contributed by atoms with van der Waals surface area (Å²) in [5.41, 5.74) is 3.96. The molecule has 124 valence electrons. The number of fused-ring (bicyclic) bond motifs is 1. The zero-order chi connectivity index (χ0) is 17.1. The van der Waals surface area contributed by atoms with E-state index in [1.165, 1.54) is 5.56 Å². The van der Waals surface area contributed by atoms with E-state index in [4.69, 9.17) is 0 Å². The number of thiazole rings is 1. The summed E-state index contributed by atoms with van der Waals surface area (Å²) in [5.74, 6) is 0.0270. The van der Waals surface area contributed by atoms with Crippen LogP contribution < -0.4 is 5.32 Å². The Hall–Kier alpha value is -2.92. The van der Waals surface area contributed by atoms with Crippen molar-refractivity contribution < 1.29 is 4.79 Å². The minimum Gasteiger partial charge on any atom is -0.326 e. The monoisotopic (exact) mass is 347 g/mol. The SMILES string of the molecule is O=C(CCc1ccccc1)Nc1ccc(-c2cn3ccsc3n2)cc1. The van der Waals surface area contributed by atoms with Gasteiger partial charge in [0.25, 0.3) is 0 Å². The van der Waals surface area contributed by atoms with Crippen LogP contribution >= 0.6 is 11.3 Å². The molecule has 0 atom stereocenters. The molecule has 0 aliphatic carbocycles. The minimum atomic E-state index is 0.0270. The Bertz CT molecular complexity index is 958. The second-order valence-electron chi connectivity index (χ2n) is 5.83. The number of amides is 1. The lowest BCUT2D eigenvalue weighted by Crippen LogP contribution is -2.12. The minimum absolute atomic E-state index is 0.0270. The molecule has 0 saturated carbocycles. The number of hydrogen-bond donors (Lipinski definition) is 1. The number of hydrogen-bond acceptors (Lipinski definition) is 3. The molecule has 2 aromatic heterocycles. The number of benzene rings is 2. The van der Waals surface area contributed by atoms with Crippen LogP contribution in [0.2, 0.25) is 0 Å². The number of aryl methyl sites for hydroxylation is 1. The number of carbonyl (C=O) groups is 1. The van der Waals surface area contributed by atoms with E-state index in [2.05, 4.69) is 10.3 Å². The molecule has 1 N–H and O–H groups in total. The van der Waals surface area contributed by atoms with Gasteiger partial charge in [-0.05, 0) is 24.1 Å². The summed E-state index contributed by atoms with van der Waals surface area (Å²) in [4.78, 5) is 17.7. The lowest BCUT2D eigenvalue weighted by atomic mass is 10.1. The Balaban J connectivity index is 1.38. The largest absolute Gasteiger partial charge is 0.326 e. The van der Waals surface area contributed by atoms with E-state index in [0.29, 0.717) is 6.42 Å². The molecule has 0 aliphatic rings. The van der Waals surface area contributed by atoms with Gasteiger partial charge >= 0.3 is 0 Å². The molecule has 0 radical (unpaired) electrons. The molecule has 5 heteroatoms. The first kappa shape index (κ1) is 15.6. The first-order chi connectivity index (χ1) is 12.3. The molecular weight excluding hydrogens is 330 g/mol. The van der Waals surface area contributed by atoms with Crippen molar-refractivity contribution in [2.24, 2.45) is 0 Å². The summed E-state index contributed by atoms with van der Waals surface area (Å²) in [6.45, 7) is 0. The highest BCUT2D eigenvalue weighted by Crippen LogP contribution is 2.23. The van der Waals surface area contributed by atoms with E-state index >= 15 is 0 Å². The van der Waals surface area contributed by atoms with Gasteiger partial charge in [-0.2, -0.15) is 0 Å². The number of rotatable bonds is 5. The maximum Gasteiger partial charge on any atom is 0.224 e. The molecule has 4 aromatic rings. The first-order valence-corrected chi connectivity index (χ1v) is 9.02. The van der Waals surface area contributed by atoms with Gasteiger partial charge in [-0.3, -0.25) is 9.20 Å². The highest BCUT2D eigenvalue weighted by molar-refractivity contribution is 7.15. The number of imidazole rings is 1. The molecule has 1 amide bonds. The highest BCUT2D eigenvalue weighted by Gasteiger charge is 2.07. The lowest BCUT2D eigenvalue weighted by molar-refractivity contribution is -0.116. The maximum absolute atomic E-state index is 12.1. The van der Waals surface area contributed by atoms with Crippen LogP contribution in [0.5, 0.6) is 0 Å². The predicted octanol–water partition coefficient (Wildman–Crippen LogP) is 4.63. The van der Waals surface area contributed by atoms with Crippen molar-refractivity contribution in [3.63, 3.8) is 0 Å². The quantitative estimate of drug-likeness (QED) is 0.572. The molecule has 4 nitrogen and oxygen atoms in total. The van der Waals surface area contributed by atoms with E-state index in [0.717, 1.165) is 28.3 Å². The molecule has 0 bridgehead atoms. The van der Waals surface area contributed by atoms with Gasteiger partial charge in [0.2, 0.25) is 5.91 Å². The average Bonchev–Trinajstić information content (AvgIpc) is 3.24. The fourth-order valence-corrected chi connectivity index (χ4v) is 3.42. The van der Waals surface area contributed by atoms with Gasteiger partial charge in [-0.25, -0.2) is 4.98 Å². The summed E-state index contributed by atoms with van der Waals surface area (Å²) in [5, 5.41) is 4.96. The third-order valence-electron chi connectivity index (χ3n) is 4.04. The van der Waals surface area contributed by atoms with Crippen LogP contribution in [0.3, 0.4) is 0 Å². The van der Waals surface area contributed by atoms with Gasteiger partial charge in [-0.1, -0.05) is 42.5 Å². The Morgan fingerprint density at radius 3 is 2.64 bits per heavy atom. The van der Waals surface area contributed by atoms with Gasteiger partial charge in [0.1, 0.15) is 0 Å². The van der Waals surface area contributed by atoms with Crippen LogP contribution in [0, 0.1) is 0 Å². The summed E-state index contributed by atoms with van der Waals surface area (Å²) < 4.78 is 2.01. The van der Waals surface area contributed by atoms with Crippen LogP contribution in [-0.2, 0) is 11.2 Å². The van der Waals surface area contributed by atoms with Crippen LogP contribution in [0.15, 0.2) is 72.4 Å². The van der Waals surface area contributed by atoms with E-state index in [1.54, 1.807) is 11.3 Å².